The molecule has 0 amide bonds. The van der Waals surface area contributed by atoms with Gasteiger partial charge in [0.05, 0.1) is 26.2 Å². The molecule has 0 aromatic heterocycles. The largest absolute Gasteiger partial charge is 0.493 e. The molecule has 0 bridgehead atoms. The molecule has 2 aromatic rings. The zero-order valence-electron chi connectivity index (χ0n) is 16.0. The Bertz CT molecular complexity index is 868. The van der Waals surface area contributed by atoms with Gasteiger partial charge >= 0.3 is 0 Å². The first kappa shape index (κ1) is 20.1. The van der Waals surface area contributed by atoms with E-state index in [-0.39, 0.29) is 6.54 Å². The molecule has 0 unspecified atom stereocenters. The fourth-order valence-electron chi connectivity index (χ4n) is 2.72. The maximum Gasteiger partial charge on any atom is 0.243 e. The van der Waals surface area contributed by atoms with Crippen LogP contribution in [-0.4, -0.2) is 41.1 Å². The van der Waals surface area contributed by atoms with E-state index in [1.54, 1.807) is 32.2 Å². The van der Waals surface area contributed by atoms with Crippen LogP contribution in [-0.2, 0) is 16.6 Å². The van der Waals surface area contributed by atoms with Crippen LogP contribution in [0.4, 0.5) is 0 Å². The number of aryl methyl sites for hydroxylation is 2. The van der Waals surface area contributed by atoms with E-state index < -0.39 is 10.0 Å². The molecule has 0 saturated heterocycles. The number of rotatable bonds is 7. The van der Waals surface area contributed by atoms with Crippen molar-refractivity contribution in [2.45, 2.75) is 25.3 Å². The van der Waals surface area contributed by atoms with Crippen LogP contribution in [0.5, 0.6) is 17.2 Å². The molecule has 0 aliphatic heterocycles. The number of nitrogens with zero attached hydrogens (tertiary/aromatic N) is 1. The number of methoxy groups -OCH3 is 3. The molecule has 0 spiro atoms. The van der Waals surface area contributed by atoms with Crippen molar-refractivity contribution in [1.82, 2.24) is 4.31 Å². The lowest BCUT2D eigenvalue weighted by Crippen LogP contribution is -2.27. The number of benzene rings is 2. The average Bonchev–Trinajstić information content (AvgIpc) is 2.62. The summed E-state index contributed by atoms with van der Waals surface area (Å²) in [5.74, 6) is 1.44. The summed E-state index contributed by atoms with van der Waals surface area (Å²) in [6, 6.07) is 8.90. The van der Waals surface area contributed by atoms with Crippen LogP contribution in [0.1, 0.15) is 16.7 Å². The van der Waals surface area contributed by atoms with Gasteiger partial charge in [-0.15, -0.1) is 0 Å². The quantitative estimate of drug-likeness (QED) is 0.739. The van der Waals surface area contributed by atoms with Crippen molar-refractivity contribution in [2.24, 2.45) is 0 Å². The third kappa shape index (κ3) is 3.94. The molecule has 0 N–H and O–H groups in total. The SMILES string of the molecule is COc1cc(CN(C)S(=O)(=O)c2cc(C)ccc2C)cc(OC)c1OC. The Morgan fingerprint density at radius 3 is 2.00 bits per heavy atom. The van der Waals surface area contributed by atoms with Gasteiger partial charge in [-0.3, -0.25) is 0 Å². The molecule has 7 heteroatoms. The summed E-state index contributed by atoms with van der Waals surface area (Å²) in [6.45, 7) is 3.84. The summed E-state index contributed by atoms with van der Waals surface area (Å²) >= 11 is 0. The number of sulfonamides is 1. The van der Waals surface area contributed by atoms with E-state index in [2.05, 4.69) is 0 Å². The maximum atomic E-state index is 13.0. The average molecular weight is 379 g/mol. The van der Waals surface area contributed by atoms with Gasteiger partial charge in [-0.2, -0.15) is 4.31 Å². The Labute approximate surface area is 155 Å². The van der Waals surface area contributed by atoms with E-state index in [1.165, 1.54) is 25.6 Å². The Morgan fingerprint density at radius 1 is 0.923 bits per heavy atom. The summed E-state index contributed by atoms with van der Waals surface area (Å²) in [5.41, 5.74) is 2.35. The summed E-state index contributed by atoms with van der Waals surface area (Å²) in [5, 5.41) is 0. The van der Waals surface area contributed by atoms with E-state index >= 15 is 0 Å². The lowest BCUT2D eigenvalue weighted by Gasteiger charge is -2.20. The van der Waals surface area contributed by atoms with Gasteiger partial charge < -0.3 is 14.2 Å². The summed E-state index contributed by atoms with van der Waals surface area (Å²) < 4.78 is 43.2. The van der Waals surface area contributed by atoms with Gasteiger partial charge in [-0.05, 0) is 48.7 Å². The predicted molar refractivity (Wildman–Crippen MR) is 101 cm³/mol. The highest BCUT2D eigenvalue weighted by molar-refractivity contribution is 7.89. The first-order valence-corrected chi connectivity index (χ1v) is 9.51. The Morgan fingerprint density at radius 2 is 1.50 bits per heavy atom. The van der Waals surface area contributed by atoms with Gasteiger partial charge in [0.25, 0.3) is 0 Å². The fourth-order valence-corrected chi connectivity index (χ4v) is 4.19. The van der Waals surface area contributed by atoms with Gasteiger partial charge in [-0.1, -0.05) is 12.1 Å². The summed E-state index contributed by atoms with van der Waals surface area (Å²) in [7, 11) is 2.51. The topological polar surface area (TPSA) is 65.1 Å². The first-order valence-electron chi connectivity index (χ1n) is 8.07. The molecule has 6 nitrogen and oxygen atoms in total. The van der Waals surface area contributed by atoms with Gasteiger partial charge in [0.2, 0.25) is 15.8 Å². The van der Waals surface area contributed by atoms with Crippen LogP contribution in [0.15, 0.2) is 35.2 Å². The van der Waals surface area contributed by atoms with E-state index in [1.807, 2.05) is 19.1 Å². The number of hydrogen-bond acceptors (Lipinski definition) is 5. The van der Waals surface area contributed by atoms with Crippen molar-refractivity contribution in [3.8, 4) is 17.2 Å². The molecule has 0 aliphatic carbocycles. The molecule has 142 valence electrons. The highest BCUT2D eigenvalue weighted by Crippen LogP contribution is 2.38. The smallest absolute Gasteiger partial charge is 0.243 e. The third-order valence-electron chi connectivity index (χ3n) is 4.16. The molecule has 2 aromatic carbocycles. The lowest BCUT2D eigenvalue weighted by molar-refractivity contribution is 0.323. The molecule has 0 heterocycles. The first-order chi connectivity index (χ1) is 12.2. The monoisotopic (exact) mass is 379 g/mol. The molecular formula is C19H25NO5S. The van der Waals surface area contributed by atoms with Crippen LogP contribution in [0.3, 0.4) is 0 Å². The minimum absolute atomic E-state index is 0.173. The second kappa shape index (κ2) is 7.97. The van der Waals surface area contributed by atoms with E-state index in [4.69, 9.17) is 14.2 Å². The summed E-state index contributed by atoms with van der Waals surface area (Å²) in [4.78, 5) is 0.312. The van der Waals surface area contributed by atoms with Crippen LogP contribution < -0.4 is 14.2 Å². The van der Waals surface area contributed by atoms with Crippen LogP contribution in [0.2, 0.25) is 0 Å². The van der Waals surface area contributed by atoms with Gasteiger partial charge in [0.1, 0.15) is 0 Å². The minimum atomic E-state index is -3.62. The Hall–Kier alpha value is -2.25. The molecule has 0 radical (unpaired) electrons. The van der Waals surface area contributed by atoms with Gasteiger partial charge in [0.15, 0.2) is 11.5 Å². The van der Waals surface area contributed by atoms with Crippen molar-refractivity contribution in [1.29, 1.82) is 0 Å². The highest BCUT2D eigenvalue weighted by atomic mass is 32.2. The Kier molecular flexibility index (Phi) is 6.15. The second-order valence-corrected chi connectivity index (χ2v) is 8.08. The highest BCUT2D eigenvalue weighted by Gasteiger charge is 2.24. The van der Waals surface area contributed by atoms with Crippen molar-refractivity contribution >= 4 is 10.0 Å². The third-order valence-corrected chi connectivity index (χ3v) is 6.11. The van der Waals surface area contributed by atoms with E-state index in [0.29, 0.717) is 27.7 Å². The maximum absolute atomic E-state index is 13.0. The van der Waals surface area contributed by atoms with Crippen LogP contribution in [0, 0.1) is 13.8 Å². The standard InChI is InChI=1S/C19H25NO5S/c1-13-7-8-14(2)18(9-13)26(21,22)20(3)12-15-10-16(23-4)19(25-6)17(11-15)24-5/h7-11H,12H2,1-6H3. The van der Waals surface area contributed by atoms with Crippen LogP contribution >= 0.6 is 0 Å². The predicted octanol–water partition coefficient (Wildman–Crippen LogP) is 3.15. The van der Waals surface area contributed by atoms with E-state index in [0.717, 1.165) is 11.1 Å². The number of ether oxygens (including phenoxy) is 3. The van der Waals surface area contributed by atoms with Crippen LogP contribution in [0.25, 0.3) is 0 Å². The molecule has 26 heavy (non-hydrogen) atoms. The van der Waals surface area contributed by atoms with Gasteiger partial charge in [-0.25, -0.2) is 8.42 Å². The number of hydrogen-bond donors (Lipinski definition) is 0. The normalized spacial score (nSPS) is 11.5. The molecule has 0 aliphatic rings. The zero-order valence-corrected chi connectivity index (χ0v) is 16.8. The van der Waals surface area contributed by atoms with Crippen molar-refractivity contribution in [3.63, 3.8) is 0 Å². The van der Waals surface area contributed by atoms with Crippen molar-refractivity contribution < 1.29 is 22.6 Å². The summed E-state index contributed by atoms with van der Waals surface area (Å²) in [6.07, 6.45) is 0. The van der Waals surface area contributed by atoms with E-state index in [9.17, 15) is 8.42 Å². The second-order valence-electron chi connectivity index (χ2n) is 6.06. The van der Waals surface area contributed by atoms with Gasteiger partial charge in [0, 0.05) is 13.6 Å². The Balaban J connectivity index is 2.40. The molecule has 0 fully saturated rings. The molecule has 2 rings (SSSR count). The molecular weight excluding hydrogens is 354 g/mol. The molecule has 0 atom stereocenters. The fraction of sp³-hybridized carbons (Fsp3) is 0.368. The minimum Gasteiger partial charge on any atom is -0.493 e. The molecule has 0 saturated carbocycles. The van der Waals surface area contributed by atoms with Crippen molar-refractivity contribution in [2.75, 3.05) is 28.4 Å². The van der Waals surface area contributed by atoms with Crippen molar-refractivity contribution in [3.05, 3.63) is 47.0 Å². The lowest BCUT2D eigenvalue weighted by atomic mass is 10.2. The zero-order chi connectivity index (χ0) is 19.5.